The van der Waals surface area contributed by atoms with Crippen LogP contribution in [0.4, 0.5) is 0 Å². The van der Waals surface area contributed by atoms with Gasteiger partial charge in [0, 0.05) is 23.8 Å². The highest BCUT2D eigenvalue weighted by Gasteiger charge is 2.22. The van der Waals surface area contributed by atoms with Gasteiger partial charge in [0.2, 0.25) is 0 Å². The van der Waals surface area contributed by atoms with Crippen LogP contribution in [0.1, 0.15) is 29.3 Å². The molecule has 3 rings (SSSR count). The maximum atomic E-state index is 12.2. The van der Waals surface area contributed by atoms with Gasteiger partial charge in [-0.25, -0.2) is 0 Å². The third kappa shape index (κ3) is 3.43. The lowest BCUT2D eigenvalue weighted by Crippen LogP contribution is -2.31. The van der Waals surface area contributed by atoms with E-state index in [1.54, 1.807) is 13.0 Å². The van der Waals surface area contributed by atoms with E-state index in [0.29, 0.717) is 18.5 Å². The van der Waals surface area contributed by atoms with Gasteiger partial charge in [0.05, 0.1) is 5.60 Å². The molecule has 1 aromatic heterocycles. The average Bonchev–Trinajstić information content (AvgIpc) is 3.03. The average molecular weight is 308 g/mol. The van der Waals surface area contributed by atoms with E-state index in [1.165, 1.54) is 0 Å². The molecule has 0 saturated carbocycles. The van der Waals surface area contributed by atoms with E-state index >= 15 is 0 Å². The minimum absolute atomic E-state index is 0.134. The van der Waals surface area contributed by atoms with Gasteiger partial charge in [-0.3, -0.25) is 4.79 Å². The topological polar surface area (TPSA) is 65.1 Å². The summed E-state index contributed by atoms with van der Waals surface area (Å²) in [6, 6.07) is 17.0. The largest absolute Gasteiger partial charge is 0.385 e. The summed E-state index contributed by atoms with van der Waals surface area (Å²) in [4.78, 5) is 15.3. The van der Waals surface area contributed by atoms with Crippen LogP contribution in [0.15, 0.2) is 60.8 Å². The van der Waals surface area contributed by atoms with Crippen LogP contribution >= 0.6 is 0 Å². The minimum atomic E-state index is -0.960. The molecule has 3 aromatic rings. The number of aromatic nitrogens is 1. The number of hydrogen-bond acceptors (Lipinski definition) is 2. The summed E-state index contributed by atoms with van der Waals surface area (Å²) in [5, 5.41) is 14.5. The Labute approximate surface area is 135 Å². The zero-order chi connectivity index (χ0) is 16.3. The maximum absolute atomic E-state index is 12.2. The van der Waals surface area contributed by atoms with Gasteiger partial charge in [-0.15, -0.1) is 0 Å². The summed E-state index contributed by atoms with van der Waals surface area (Å²) < 4.78 is 0. The number of hydrogen-bond donors (Lipinski definition) is 3. The summed E-state index contributed by atoms with van der Waals surface area (Å²) in [7, 11) is 0. The molecule has 0 aliphatic rings. The fourth-order valence-electron chi connectivity index (χ4n) is 2.65. The van der Waals surface area contributed by atoms with Gasteiger partial charge >= 0.3 is 0 Å². The monoisotopic (exact) mass is 308 g/mol. The first-order valence-corrected chi connectivity index (χ1v) is 7.69. The van der Waals surface area contributed by atoms with Gasteiger partial charge < -0.3 is 15.4 Å². The summed E-state index contributed by atoms with van der Waals surface area (Å²) in [5.74, 6) is -0.134. The molecule has 0 bridgehead atoms. The molecule has 118 valence electrons. The van der Waals surface area contributed by atoms with Gasteiger partial charge in [0.15, 0.2) is 0 Å². The molecule has 1 atom stereocenters. The second-order valence-electron chi connectivity index (χ2n) is 5.93. The smallest absolute Gasteiger partial charge is 0.251 e. The van der Waals surface area contributed by atoms with Crippen molar-refractivity contribution in [1.29, 1.82) is 0 Å². The molecule has 3 N–H and O–H groups in total. The zero-order valence-electron chi connectivity index (χ0n) is 13.0. The van der Waals surface area contributed by atoms with E-state index in [9.17, 15) is 9.90 Å². The van der Waals surface area contributed by atoms with Crippen molar-refractivity contribution in [2.24, 2.45) is 0 Å². The first-order valence-electron chi connectivity index (χ1n) is 7.69. The molecule has 0 saturated heterocycles. The van der Waals surface area contributed by atoms with Crippen LogP contribution < -0.4 is 5.32 Å². The quantitative estimate of drug-likeness (QED) is 0.677. The molecule has 0 aliphatic carbocycles. The number of benzene rings is 2. The number of fused-ring (bicyclic) bond motifs is 1. The molecular weight excluding hydrogens is 288 g/mol. The Balaban J connectivity index is 1.60. The van der Waals surface area contributed by atoms with E-state index in [-0.39, 0.29) is 5.91 Å². The molecule has 1 heterocycles. The third-order valence-electron chi connectivity index (χ3n) is 4.11. The van der Waals surface area contributed by atoms with Crippen molar-refractivity contribution in [2.45, 2.75) is 18.9 Å². The number of aliphatic hydroxyl groups is 1. The molecular formula is C19H20N2O2. The first-order chi connectivity index (χ1) is 11.1. The molecule has 0 radical (unpaired) electrons. The molecule has 2 aromatic carbocycles. The van der Waals surface area contributed by atoms with Crippen molar-refractivity contribution in [3.05, 3.63) is 71.9 Å². The number of aromatic amines is 1. The molecule has 0 fully saturated rings. The van der Waals surface area contributed by atoms with Crippen LogP contribution in [0.25, 0.3) is 10.9 Å². The highest BCUT2D eigenvalue weighted by molar-refractivity contribution is 5.97. The Hall–Kier alpha value is -2.59. The Morgan fingerprint density at radius 2 is 1.96 bits per heavy atom. The van der Waals surface area contributed by atoms with E-state index in [0.717, 1.165) is 16.5 Å². The van der Waals surface area contributed by atoms with Crippen LogP contribution in [0, 0.1) is 0 Å². The van der Waals surface area contributed by atoms with Gasteiger partial charge in [-0.05, 0) is 42.5 Å². The van der Waals surface area contributed by atoms with Crippen LogP contribution in [0.2, 0.25) is 0 Å². The van der Waals surface area contributed by atoms with E-state index < -0.39 is 5.60 Å². The van der Waals surface area contributed by atoms with Gasteiger partial charge in [0.25, 0.3) is 5.91 Å². The highest BCUT2D eigenvalue weighted by Crippen LogP contribution is 2.23. The number of H-pyrrole nitrogens is 1. The van der Waals surface area contributed by atoms with Crippen molar-refractivity contribution in [2.75, 3.05) is 6.54 Å². The van der Waals surface area contributed by atoms with Crippen molar-refractivity contribution in [1.82, 2.24) is 10.3 Å². The Bertz CT molecular complexity index is 806. The SMILES string of the molecule is C[C@@](O)(CCNC(=O)c1ccc2cc[nH]c2c1)c1ccccc1. The van der Waals surface area contributed by atoms with Crippen LogP contribution in [-0.4, -0.2) is 22.5 Å². The van der Waals surface area contributed by atoms with Crippen LogP contribution in [0.3, 0.4) is 0 Å². The van der Waals surface area contributed by atoms with Crippen molar-refractivity contribution in [3.8, 4) is 0 Å². The van der Waals surface area contributed by atoms with Crippen LogP contribution in [0.5, 0.6) is 0 Å². The maximum Gasteiger partial charge on any atom is 0.251 e. The zero-order valence-corrected chi connectivity index (χ0v) is 13.0. The number of amides is 1. The molecule has 0 unspecified atom stereocenters. The van der Waals surface area contributed by atoms with E-state index in [4.69, 9.17) is 0 Å². The number of carbonyl (C=O) groups excluding carboxylic acids is 1. The predicted octanol–water partition coefficient (Wildman–Crippen LogP) is 3.20. The normalized spacial score (nSPS) is 13.7. The number of rotatable bonds is 5. The fourth-order valence-corrected chi connectivity index (χ4v) is 2.65. The van der Waals surface area contributed by atoms with E-state index in [1.807, 2.05) is 54.7 Å². The lowest BCUT2D eigenvalue weighted by molar-refractivity contribution is 0.0475. The second kappa shape index (κ2) is 6.26. The first kappa shape index (κ1) is 15.3. The number of nitrogens with one attached hydrogen (secondary N) is 2. The predicted molar refractivity (Wildman–Crippen MR) is 91.3 cm³/mol. The third-order valence-corrected chi connectivity index (χ3v) is 4.11. The molecule has 4 heteroatoms. The summed E-state index contributed by atoms with van der Waals surface area (Å²) >= 11 is 0. The van der Waals surface area contributed by atoms with Gasteiger partial charge in [-0.2, -0.15) is 0 Å². The lowest BCUT2D eigenvalue weighted by Gasteiger charge is -2.24. The summed E-state index contributed by atoms with van der Waals surface area (Å²) in [6.07, 6.45) is 2.30. The second-order valence-corrected chi connectivity index (χ2v) is 5.93. The van der Waals surface area contributed by atoms with Gasteiger partial charge in [0.1, 0.15) is 0 Å². The van der Waals surface area contributed by atoms with Crippen molar-refractivity contribution in [3.63, 3.8) is 0 Å². The van der Waals surface area contributed by atoms with Gasteiger partial charge in [-0.1, -0.05) is 36.4 Å². The molecule has 0 aliphatic heterocycles. The minimum Gasteiger partial charge on any atom is -0.385 e. The highest BCUT2D eigenvalue weighted by atomic mass is 16.3. The molecule has 23 heavy (non-hydrogen) atoms. The fraction of sp³-hybridized carbons (Fsp3) is 0.211. The van der Waals surface area contributed by atoms with Crippen molar-refractivity contribution >= 4 is 16.8 Å². The van der Waals surface area contributed by atoms with E-state index in [2.05, 4.69) is 10.3 Å². The molecule has 1 amide bonds. The summed E-state index contributed by atoms with van der Waals surface area (Å²) in [6.45, 7) is 2.17. The summed E-state index contributed by atoms with van der Waals surface area (Å²) in [5.41, 5.74) is 1.44. The number of carbonyl (C=O) groups is 1. The molecule has 4 nitrogen and oxygen atoms in total. The molecule has 0 spiro atoms. The van der Waals surface area contributed by atoms with Crippen LogP contribution in [-0.2, 0) is 5.60 Å². The Morgan fingerprint density at radius 1 is 1.17 bits per heavy atom. The standard InChI is InChI=1S/C19H20N2O2/c1-19(23,16-5-3-2-4-6-16)10-12-21-18(22)15-8-7-14-9-11-20-17(14)13-15/h2-9,11,13,20,23H,10,12H2,1H3,(H,21,22)/t19-/m1/s1. The Morgan fingerprint density at radius 3 is 2.74 bits per heavy atom. The van der Waals surface area contributed by atoms with Crippen molar-refractivity contribution < 1.29 is 9.90 Å². The lowest BCUT2D eigenvalue weighted by atomic mass is 9.92. The Kier molecular flexibility index (Phi) is 4.17.